The van der Waals surface area contributed by atoms with E-state index in [0.717, 1.165) is 30.3 Å². The summed E-state index contributed by atoms with van der Waals surface area (Å²) >= 11 is 3.27. The summed E-state index contributed by atoms with van der Waals surface area (Å²) in [5, 5.41) is 21.3. The molecule has 4 nitrogen and oxygen atoms in total. The van der Waals surface area contributed by atoms with Gasteiger partial charge in [0.15, 0.2) is 0 Å². The zero-order valence-corrected chi connectivity index (χ0v) is 11.5. The van der Waals surface area contributed by atoms with Crippen LogP contribution in [0.1, 0.15) is 29.6 Å². The number of hydrogen-bond acceptors (Lipinski definition) is 3. The highest BCUT2D eigenvalue weighted by molar-refractivity contribution is 9.10. The summed E-state index contributed by atoms with van der Waals surface area (Å²) in [5.41, 5.74) is 1.07. The molecule has 0 bridgehead atoms. The van der Waals surface area contributed by atoms with Crippen LogP contribution in [0.2, 0.25) is 0 Å². The zero-order chi connectivity index (χ0) is 13.2. The fourth-order valence-electron chi connectivity index (χ4n) is 2.06. The average Bonchev–Trinajstić information content (AvgIpc) is 3.08. The summed E-state index contributed by atoms with van der Waals surface area (Å²) < 4.78 is 0.752. The first-order chi connectivity index (χ1) is 8.56. The summed E-state index contributed by atoms with van der Waals surface area (Å²) in [6.45, 7) is 0.906. The van der Waals surface area contributed by atoms with Crippen molar-refractivity contribution in [3.05, 3.63) is 28.2 Å². The minimum atomic E-state index is -0.939. The quantitative estimate of drug-likeness (QED) is 0.755. The Balaban J connectivity index is 2.07. The zero-order valence-electron chi connectivity index (χ0n) is 9.95. The van der Waals surface area contributed by atoms with Crippen molar-refractivity contribution in [1.82, 2.24) is 0 Å². The van der Waals surface area contributed by atoms with E-state index in [0.29, 0.717) is 5.69 Å². The van der Waals surface area contributed by atoms with Crippen LogP contribution in [0.5, 0.6) is 0 Å². The van der Waals surface area contributed by atoms with Crippen LogP contribution in [-0.4, -0.2) is 29.3 Å². The largest absolute Gasteiger partial charge is 0.478 e. The topological polar surface area (TPSA) is 69.6 Å². The Morgan fingerprint density at radius 1 is 1.44 bits per heavy atom. The van der Waals surface area contributed by atoms with E-state index >= 15 is 0 Å². The number of nitrogens with one attached hydrogen (secondary N) is 1. The van der Waals surface area contributed by atoms with Gasteiger partial charge in [0.2, 0.25) is 0 Å². The highest BCUT2D eigenvalue weighted by Crippen LogP contribution is 2.48. The van der Waals surface area contributed by atoms with Crippen LogP contribution in [0.15, 0.2) is 22.7 Å². The molecule has 0 spiro atoms. The van der Waals surface area contributed by atoms with Crippen molar-refractivity contribution in [2.75, 3.05) is 18.5 Å². The third kappa shape index (κ3) is 3.03. The van der Waals surface area contributed by atoms with E-state index < -0.39 is 5.97 Å². The summed E-state index contributed by atoms with van der Waals surface area (Å²) in [6.07, 6.45) is 2.97. The molecule has 1 aliphatic rings. The van der Waals surface area contributed by atoms with Gasteiger partial charge in [-0.2, -0.15) is 0 Å². The van der Waals surface area contributed by atoms with Gasteiger partial charge in [-0.25, -0.2) is 4.79 Å². The Bertz CT molecular complexity index is 458. The van der Waals surface area contributed by atoms with Crippen LogP contribution < -0.4 is 5.32 Å². The van der Waals surface area contributed by atoms with Gasteiger partial charge in [0.25, 0.3) is 0 Å². The molecule has 0 atom stereocenters. The van der Waals surface area contributed by atoms with Crippen LogP contribution in [0.3, 0.4) is 0 Å². The molecule has 3 N–H and O–H groups in total. The molecular formula is C13H16BrNO3. The van der Waals surface area contributed by atoms with Gasteiger partial charge in [0.1, 0.15) is 0 Å². The number of aliphatic hydroxyl groups excluding tert-OH is 1. The molecule has 2 rings (SSSR count). The number of benzene rings is 1. The summed E-state index contributed by atoms with van der Waals surface area (Å²) in [4.78, 5) is 11.1. The van der Waals surface area contributed by atoms with Crippen molar-refractivity contribution >= 4 is 27.6 Å². The van der Waals surface area contributed by atoms with E-state index in [1.54, 1.807) is 12.1 Å². The molecule has 1 aliphatic carbocycles. The van der Waals surface area contributed by atoms with Crippen LogP contribution in [0.25, 0.3) is 0 Å². The molecule has 0 amide bonds. The normalized spacial score (nSPS) is 16.3. The molecule has 0 saturated heterocycles. The van der Waals surface area contributed by atoms with Gasteiger partial charge < -0.3 is 15.5 Å². The van der Waals surface area contributed by atoms with Gasteiger partial charge in [-0.05, 0) is 42.9 Å². The lowest BCUT2D eigenvalue weighted by atomic mass is 10.0. The maximum absolute atomic E-state index is 11.1. The third-order valence-corrected chi connectivity index (χ3v) is 3.96. The standard InChI is InChI=1S/C13H16BrNO3/c14-9-1-2-11(10(7-9)12(17)18)15-8-13(3-4-13)5-6-16/h1-2,7,15-16H,3-6,8H2,(H,17,18). The number of carboxylic acids is 1. The molecule has 0 aliphatic heterocycles. The minimum absolute atomic E-state index is 0.164. The Morgan fingerprint density at radius 2 is 2.17 bits per heavy atom. The monoisotopic (exact) mass is 313 g/mol. The maximum atomic E-state index is 11.1. The Hall–Kier alpha value is -1.07. The van der Waals surface area contributed by atoms with Crippen molar-refractivity contribution < 1.29 is 15.0 Å². The van der Waals surface area contributed by atoms with E-state index in [4.69, 9.17) is 10.2 Å². The fraction of sp³-hybridized carbons (Fsp3) is 0.462. The number of aromatic carboxylic acids is 1. The lowest BCUT2D eigenvalue weighted by molar-refractivity contribution is 0.0697. The molecule has 0 unspecified atom stereocenters. The number of carboxylic acid groups (broad SMARTS) is 1. The first kappa shape index (κ1) is 13.4. The SMILES string of the molecule is O=C(O)c1cc(Br)ccc1NCC1(CCO)CC1. The van der Waals surface area contributed by atoms with E-state index in [1.165, 1.54) is 0 Å². The van der Waals surface area contributed by atoms with Crippen molar-refractivity contribution in [2.24, 2.45) is 5.41 Å². The maximum Gasteiger partial charge on any atom is 0.337 e. The van der Waals surface area contributed by atoms with Gasteiger partial charge in [-0.3, -0.25) is 0 Å². The predicted octanol–water partition coefficient (Wildman–Crippen LogP) is 2.72. The second-order valence-corrected chi connectivity index (χ2v) is 5.74. The Kier molecular flexibility index (Phi) is 3.92. The molecule has 0 aromatic heterocycles. The number of rotatable bonds is 6. The fourth-order valence-corrected chi connectivity index (χ4v) is 2.42. The molecule has 5 heteroatoms. The lowest BCUT2D eigenvalue weighted by Gasteiger charge is -2.17. The van der Waals surface area contributed by atoms with Crippen LogP contribution in [0.4, 0.5) is 5.69 Å². The highest BCUT2D eigenvalue weighted by Gasteiger charge is 2.41. The first-order valence-corrected chi connectivity index (χ1v) is 6.73. The third-order valence-electron chi connectivity index (χ3n) is 3.47. The van der Waals surface area contributed by atoms with E-state index in [-0.39, 0.29) is 17.6 Å². The predicted molar refractivity (Wildman–Crippen MR) is 73.0 cm³/mol. The molecular weight excluding hydrogens is 298 g/mol. The molecule has 0 radical (unpaired) electrons. The number of aliphatic hydroxyl groups is 1. The van der Waals surface area contributed by atoms with Crippen molar-refractivity contribution in [3.63, 3.8) is 0 Å². The van der Waals surface area contributed by atoms with E-state index in [9.17, 15) is 4.79 Å². The summed E-state index contributed by atoms with van der Waals surface area (Å²) in [6, 6.07) is 5.18. The van der Waals surface area contributed by atoms with Crippen LogP contribution in [-0.2, 0) is 0 Å². The van der Waals surface area contributed by atoms with E-state index in [2.05, 4.69) is 21.2 Å². The molecule has 1 fully saturated rings. The first-order valence-electron chi connectivity index (χ1n) is 5.94. The van der Waals surface area contributed by atoms with Crippen molar-refractivity contribution in [1.29, 1.82) is 0 Å². The van der Waals surface area contributed by atoms with Gasteiger partial charge in [0.05, 0.1) is 5.56 Å². The second kappa shape index (κ2) is 5.28. The number of halogens is 1. The summed E-state index contributed by atoms with van der Waals surface area (Å²) in [5.74, 6) is -0.939. The van der Waals surface area contributed by atoms with Gasteiger partial charge in [-0.15, -0.1) is 0 Å². The van der Waals surface area contributed by atoms with Crippen molar-refractivity contribution in [2.45, 2.75) is 19.3 Å². The Labute approximate surface area is 114 Å². The van der Waals surface area contributed by atoms with Crippen molar-refractivity contribution in [3.8, 4) is 0 Å². The van der Waals surface area contributed by atoms with Gasteiger partial charge >= 0.3 is 5.97 Å². The molecule has 18 heavy (non-hydrogen) atoms. The summed E-state index contributed by atoms with van der Waals surface area (Å²) in [7, 11) is 0. The second-order valence-electron chi connectivity index (χ2n) is 4.82. The Morgan fingerprint density at radius 3 is 2.72 bits per heavy atom. The number of carbonyl (C=O) groups is 1. The number of anilines is 1. The van der Waals surface area contributed by atoms with Gasteiger partial charge in [0, 0.05) is 23.3 Å². The van der Waals surface area contributed by atoms with Crippen LogP contribution >= 0.6 is 15.9 Å². The molecule has 98 valence electrons. The smallest absolute Gasteiger partial charge is 0.337 e. The van der Waals surface area contributed by atoms with Crippen LogP contribution in [0, 0.1) is 5.41 Å². The molecule has 1 aromatic carbocycles. The molecule has 1 aromatic rings. The minimum Gasteiger partial charge on any atom is -0.478 e. The highest BCUT2D eigenvalue weighted by atomic mass is 79.9. The molecule has 1 saturated carbocycles. The average molecular weight is 314 g/mol. The lowest BCUT2D eigenvalue weighted by Crippen LogP contribution is -2.18. The molecule has 0 heterocycles. The van der Waals surface area contributed by atoms with Gasteiger partial charge in [-0.1, -0.05) is 15.9 Å². The number of hydrogen-bond donors (Lipinski definition) is 3. The van der Waals surface area contributed by atoms with E-state index in [1.807, 2.05) is 6.07 Å².